The van der Waals surface area contributed by atoms with Gasteiger partial charge in [-0.3, -0.25) is 0 Å². The first-order valence-corrected chi connectivity index (χ1v) is 6.48. The average molecular weight is 274 g/mol. The molecule has 104 valence electrons. The number of para-hydroxylation sites is 1. The first-order chi connectivity index (χ1) is 9.56. The van der Waals surface area contributed by atoms with Gasteiger partial charge in [0.05, 0.1) is 6.10 Å². The van der Waals surface area contributed by atoms with Crippen LogP contribution in [0.3, 0.4) is 0 Å². The van der Waals surface area contributed by atoms with E-state index in [2.05, 4.69) is 0 Å². The van der Waals surface area contributed by atoms with Crippen molar-refractivity contribution < 1.29 is 19.3 Å². The van der Waals surface area contributed by atoms with Crippen molar-refractivity contribution in [1.82, 2.24) is 0 Å². The SMILES string of the molecule is Cc1cccc2c1OC(c1cc(O)ccc1F)C(O)C2. The van der Waals surface area contributed by atoms with Gasteiger partial charge in [-0.2, -0.15) is 0 Å². The van der Waals surface area contributed by atoms with Crippen LogP contribution in [0, 0.1) is 12.7 Å². The first kappa shape index (κ1) is 12.9. The number of aliphatic hydroxyl groups excluding tert-OH is 1. The van der Waals surface area contributed by atoms with Gasteiger partial charge in [0.25, 0.3) is 0 Å². The van der Waals surface area contributed by atoms with Crippen LogP contribution in [-0.4, -0.2) is 16.3 Å². The highest BCUT2D eigenvalue weighted by Crippen LogP contribution is 2.38. The van der Waals surface area contributed by atoms with Crippen LogP contribution >= 0.6 is 0 Å². The third-order valence-corrected chi connectivity index (χ3v) is 3.60. The third kappa shape index (κ3) is 2.12. The van der Waals surface area contributed by atoms with Gasteiger partial charge < -0.3 is 14.9 Å². The number of hydrogen-bond acceptors (Lipinski definition) is 3. The molecule has 2 aromatic rings. The Kier molecular flexibility index (Phi) is 3.10. The van der Waals surface area contributed by atoms with E-state index < -0.39 is 18.0 Å². The Labute approximate surface area is 116 Å². The maximum absolute atomic E-state index is 13.9. The second-order valence-electron chi connectivity index (χ2n) is 5.08. The molecule has 3 rings (SSSR count). The van der Waals surface area contributed by atoms with E-state index in [1.165, 1.54) is 18.2 Å². The van der Waals surface area contributed by atoms with Gasteiger partial charge in [0.15, 0.2) is 6.10 Å². The Balaban J connectivity index is 2.04. The Morgan fingerprint density at radius 2 is 2.05 bits per heavy atom. The molecule has 0 fully saturated rings. The normalized spacial score (nSPS) is 21.1. The number of rotatable bonds is 1. The zero-order valence-electron chi connectivity index (χ0n) is 11.0. The van der Waals surface area contributed by atoms with Gasteiger partial charge in [-0.25, -0.2) is 4.39 Å². The van der Waals surface area contributed by atoms with Gasteiger partial charge >= 0.3 is 0 Å². The van der Waals surface area contributed by atoms with Crippen LogP contribution in [0.15, 0.2) is 36.4 Å². The Morgan fingerprint density at radius 3 is 2.85 bits per heavy atom. The molecule has 0 aliphatic carbocycles. The van der Waals surface area contributed by atoms with Gasteiger partial charge in [-0.05, 0) is 36.2 Å². The summed E-state index contributed by atoms with van der Waals surface area (Å²) in [6, 6.07) is 9.44. The number of halogens is 1. The monoisotopic (exact) mass is 274 g/mol. The van der Waals surface area contributed by atoms with Crippen molar-refractivity contribution >= 4 is 0 Å². The summed E-state index contributed by atoms with van der Waals surface area (Å²) in [4.78, 5) is 0. The van der Waals surface area contributed by atoms with E-state index in [9.17, 15) is 14.6 Å². The number of aliphatic hydroxyl groups is 1. The summed E-state index contributed by atoms with van der Waals surface area (Å²) in [5.41, 5.74) is 2.03. The van der Waals surface area contributed by atoms with Crippen molar-refractivity contribution in [1.29, 1.82) is 0 Å². The Morgan fingerprint density at radius 1 is 1.25 bits per heavy atom. The number of fused-ring (bicyclic) bond motifs is 1. The molecule has 0 saturated carbocycles. The minimum absolute atomic E-state index is 0.0484. The van der Waals surface area contributed by atoms with Crippen LogP contribution < -0.4 is 4.74 Å². The highest BCUT2D eigenvalue weighted by molar-refractivity contribution is 5.44. The zero-order valence-corrected chi connectivity index (χ0v) is 11.0. The van der Waals surface area contributed by atoms with E-state index in [0.717, 1.165) is 11.1 Å². The molecule has 2 atom stereocenters. The van der Waals surface area contributed by atoms with Crippen molar-refractivity contribution in [2.24, 2.45) is 0 Å². The van der Waals surface area contributed by atoms with Crippen LogP contribution in [0.25, 0.3) is 0 Å². The second kappa shape index (κ2) is 4.80. The maximum Gasteiger partial charge on any atom is 0.153 e. The summed E-state index contributed by atoms with van der Waals surface area (Å²) in [7, 11) is 0. The van der Waals surface area contributed by atoms with Crippen molar-refractivity contribution in [3.05, 3.63) is 58.9 Å². The lowest BCUT2D eigenvalue weighted by Crippen LogP contribution is -2.31. The summed E-state index contributed by atoms with van der Waals surface area (Å²) in [5, 5.41) is 19.7. The summed E-state index contributed by atoms with van der Waals surface area (Å²) >= 11 is 0. The standard InChI is InChI=1S/C16H15FO3/c1-9-3-2-4-10-7-14(19)16(20-15(9)10)12-8-11(18)5-6-13(12)17/h2-6,8,14,16,18-19H,7H2,1H3. The van der Waals surface area contributed by atoms with Crippen LogP contribution in [-0.2, 0) is 6.42 Å². The largest absolute Gasteiger partial charge is 0.508 e. The molecule has 4 heteroatoms. The molecule has 1 heterocycles. The molecule has 2 N–H and O–H groups in total. The fourth-order valence-electron chi connectivity index (χ4n) is 2.60. The number of benzene rings is 2. The highest BCUT2D eigenvalue weighted by atomic mass is 19.1. The molecule has 1 aliphatic rings. The van der Waals surface area contributed by atoms with E-state index >= 15 is 0 Å². The van der Waals surface area contributed by atoms with E-state index in [0.29, 0.717) is 12.2 Å². The number of aromatic hydroxyl groups is 1. The number of phenols is 1. The summed E-state index contributed by atoms with van der Waals surface area (Å²) in [6.45, 7) is 1.91. The molecule has 2 aromatic carbocycles. The predicted octanol–water partition coefficient (Wildman–Crippen LogP) is 2.88. The summed E-state index contributed by atoms with van der Waals surface area (Å²) in [5.74, 6) is 0.141. The molecule has 2 unspecified atom stereocenters. The molecule has 0 bridgehead atoms. The van der Waals surface area contributed by atoms with E-state index in [-0.39, 0.29) is 11.3 Å². The topological polar surface area (TPSA) is 49.7 Å². The fraction of sp³-hybridized carbons (Fsp3) is 0.250. The molecule has 20 heavy (non-hydrogen) atoms. The highest BCUT2D eigenvalue weighted by Gasteiger charge is 2.32. The lowest BCUT2D eigenvalue weighted by atomic mass is 9.93. The van der Waals surface area contributed by atoms with Crippen LogP contribution in [0.5, 0.6) is 11.5 Å². The number of phenolic OH excluding ortho intramolecular Hbond substituents is 1. The molecular weight excluding hydrogens is 259 g/mol. The smallest absolute Gasteiger partial charge is 0.153 e. The molecule has 0 radical (unpaired) electrons. The maximum atomic E-state index is 13.9. The molecule has 0 spiro atoms. The zero-order chi connectivity index (χ0) is 14.3. The molecular formula is C16H15FO3. The molecule has 0 amide bonds. The van der Waals surface area contributed by atoms with Gasteiger partial charge in [0, 0.05) is 12.0 Å². The lowest BCUT2D eigenvalue weighted by Gasteiger charge is -2.32. The van der Waals surface area contributed by atoms with Crippen molar-refractivity contribution in [2.75, 3.05) is 0 Å². The van der Waals surface area contributed by atoms with Crippen molar-refractivity contribution in [3.63, 3.8) is 0 Å². The molecule has 0 aromatic heterocycles. The number of ether oxygens (including phenoxy) is 1. The molecule has 3 nitrogen and oxygen atoms in total. The minimum Gasteiger partial charge on any atom is -0.508 e. The van der Waals surface area contributed by atoms with Crippen LogP contribution in [0.2, 0.25) is 0 Å². The predicted molar refractivity (Wildman–Crippen MR) is 72.3 cm³/mol. The van der Waals surface area contributed by atoms with Crippen molar-refractivity contribution in [2.45, 2.75) is 25.6 Å². The first-order valence-electron chi connectivity index (χ1n) is 6.48. The summed E-state index contributed by atoms with van der Waals surface area (Å²) in [6.07, 6.45) is -1.26. The number of aryl methyl sites for hydroxylation is 1. The van der Waals surface area contributed by atoms with Crippen LogP contribution in [0.4, 0.5) is 4.39 Å². The summed E-state index contributed by atoms with van der Waals surface area (Å²) < 4.78 is 19.7. The van der Waals surface area contributed by atoms with Gasteiger partial charge in [0.1, 0.15) is 17.3 Å². The third-order valence-electron chi connectivity index (χ3n) is 3.60. The number of hydrogen-bond donors (Lipinski definition) is 2. The molecule has 1 aliphatic heterocycles. The molecule has 0 saturated heterocycles. The Hall–Kier alpha value is -2.07. The van der Waals surface area contributed by atoms with Crippen LogP contribution in [0.1, 0.15) is 22.8 Å². The second-order valence-corrected chi connectivity index (χ2v) is 5.08. The van der Waals surface area contributed by atoms with Gasteiger partial charge in [-0.1, -0.05) is 18.2 Å². The van der Waals surface area contributed by atoms with Crippen molar-refractivity contribution in [3.8, 4) is 11.5 Å². The van der Waals surface area contributed by atoms with E-state index in [4.69, 9.17) is 4.74 Å². The van der Waals surface area contributed by atoms with Gasteiger partial charge in [0.2, 0.25) is 0 Å². The van der Waals surface area contributed by atoms with E-state index in [1.54, 1.807) is 0 Å². The van der Waals surface area contributed by atoms with E-state index in [1.807, 2.05) is 25.1 Å². The minimum atomic E-state index is -0.847. The lowest BCUT2D eigenvalue weighted by molar-refractivity contribution is 0.0182. The average Bonchev–Trinajstić information content (AvgIpc) is 2.41. The Bertz CT molecular complexity index is 654. The van der Waals surface area contributed by atoms with Gasteiger partial charge in [-0.15, -0.1) is 0 Å². The fourth-order valence-corrected chi connectivity index (χ4v) is 2.60. The quantitative estimate of drug-likeness (QED) is 0.840.